The summed E-state index contributed by atoms with van der Waals surface area (Å²) in [5.41, 5.74) is 3.11. The molecule has 0 saturated heterocycles. The monoisotopic (exact) mass is 226 g/mol. The van der Waals surface area contributed by atoms with Gasteiger partial charge in [0.1, 0.15) is 5.82 Å². The molecule has 2 aromatic carbocycles. The third-order valence-corrected chi connectivity index (χ3v) is 2.46. The molecule has 0 amide bonds. The highest BCUT2D eigenvalue weighted by Gasteiger charge is 1.97. The molecule has 0 unspecified atom stereocenters. The van der Waals surface area contributed by atoms with E-state index in [-0.39, 0.29) is 5.82 Å². The maximum absolute atomic E-state index is 12.8. The summed E-state index contributed by atoms with van der Waals surface area (Å²) < 4.78 is 12.8. The second kappa shape index (κ2) is 5.39. The fraction of sp³-hybridized carbons (Fsp3) is 0.0667. The summed E-state index contributed by atoms with van der Waals surface area (Å²) in [7, 11) is 0. The zero-order valence-electron chi connectivity index (χ0n) is 9.44. The minimum absolute atomic E-state index is 0.215. The highest BCUT2D eigenvalue weighted by Crippen LogP contribution is 2.19. The van der Waals surface area contributed by atoms with Crippen LogP contribution in [-0.2, 0) is 0 Å². The molecule has 0 atom stereocenters. The van der Waals surface area contributed by atoms with Gasteiger partial charge in [-0.1, -0.05) is 36.4 Å². The number of nitrogens with zero attached hydrogens (tertiary/aromatic N) is 1. The molecule has 0 bridgehead atoms. The lowest BCUT2D eigenvalue weighted by Crippen LogP contribution is -1.83. The molecule has 1 radical (unpaired) electrons. The Hall–Kier alpha value is -1.96. The summed E-state index contributed by atoms with van der Waals surface area (Å²) in [6.07, 6.45) is 1.79. The summed E-state index contributed by atoms with van der Waals surface area (Å²) in [5, 5.41) is 0. The van der Waals surface area contributed by atoms with Gasteiger partial charge >= 0.3 is 0 Å². The molecule has 0 aliphatic rings. The molecule has 0 aromatic heterocycles. The lowest BCUT2D eigenvalue weighted by molar-refractivity contribution is 0.628. The summed E-state index contributed by atoms with van der Waals surface area (Å²) in [5.74, 6) is -0.215. The molecule has 2 aromatic rings. The molecule has 0 aliphatic carbocycles. The molecule has 0 N–H and O–H groups in total. The number of aliphatic imine (C=N–C) groups is 1. The molecule has 0 saturated carbocycles. The first-order valence-electron chi connectivity index (χ1n) is 5.44. The first-order valence-corrected chi connectivity index (χ1v) is 5.44. The van der Waals surface area contributed by atoms with Gasteiger partial charge in [0.2, 0.25) is 0 Å². The van der Waals surface area contributed by atoms with Crippen LogP contribution in [0.15, 0.2) is 53.5 Å². The van der Waals surface area contributed by atoms with Gasteiger partial charge in [-0.3, -0.25) is 4.99 Å². The first kappa shape index (κ1) is 11.5. The average Bonchev–Trinajstić information content (AvgIpc) is 2.38. The molecule has 0 aliphatic heterocycles. The number of hydrogen-bond donors (Lipinski definition) is 0. The zero-order valence-corrected chi connectivity index (χ0v) is 9.44. The lowest BCUT2D eigenvalue weighted by atomic mass is 10.0. The summed E-state index contributed by atoms with van der Waals surface area (Å²) in [6.45, 7) is 4.18. The summed E-state index contributed by atoms with van der Waals surface area (Å²) in [6, 6.07) is 14.4. The summed E-state index contributed by atoms with van der Waals surface area (Å²) in [4.78, 5) is 4.07. The van der Waals surface area contributed by atoms with E-state index < -0.39 is 0 Å². The number of benzene rings is 2. The Morgan fingerprint density at radius 2 is 1.47 bits per heavy atom. The minimum atomic E-state index is -0.215. The van der Waals surface area contributed by atoms with Crippen LogP contribution in [0.2, 0.25) is 0 Å². The second-order valence-electron chi connectivity index (χ2n) is 3.66. The maximum Gasteiger partial charge on any atom is 0.123 e. The van der Waals surface area contributed by atoms with Crippen molar-refractivity contribution in [2.24, 2.45) is 4.99 Å². The van der Waals surface area contributed by atoms with E-state index in [0.717, 1.165) is 16.7 Å². The SMILES string of the molecule is [CH2]CN=Cc1ccc(-c2ccc(F)cc2)cc1. The van der Waals surface area contributed by atoms with E-state index in [0.29, 0.717) is 6.54 Å². The molecular weight excluding hydrogens is 213 g/mol. The number of halogens is 1. The Bertz CT molecular complexity index is 497. The van der Waals surface area contributed by atoms with Crippen LogP contribution in [0.1, 0.15) is 5.56 Å². The molecule has 2 rings (SSSR count). The lowest BCUT2D eigenvalue weighted by Gasteiger charge is -2.01. The molecule has 17 heavy (non-hydrogen) atoms. The normalized spacial score (nSPS) is 10.9. The van der Waals surface area contributed by atoms with Gasteiger partial charge < -0.3 is 0 Å². The van der Waals surface area contributed by atoms with Crippen molar-refractivity contribution in [3.05, 3.63) is 66.8 Å². The van der Waals surface area contributed by atoms with Crippen LogP contribution in [-0.4, -0.2) is 12.8 Å². The highest BCUT2D eigenvalue weighted by atomic mass is 19.1. The third kappa shape index (κ3) is 3.00. The van der Waals surface area contributed by atoms with Crippen molar-refractivity contribution in [2.45, 2.75) is 0 Å². The van der Waals surface area contributed by atoms with Gasteiger partial charge in [-0.2, -0.15) is 0 Å². The third-order valence-electron chi connectivity index (χ3n) is 2.46. The van der Waals surface area contributed by atoms with Crippen LogP contribution in [0.5, 0.6) is 0 Å². The molecule has 0 fully saturated rings. The van der Waals surface area contributed by atoms with Crippen molar-refractivity contribution in [1.29, 1.82) is 0 Å². The molecule has 85 valence electrons. The predicted molar refractivity (Wildman–Crippen MR) is 69.7 cm³/mol. The molecule has 2 heteroatoms. The van der Waals surface area contributed by atoms with E-state index in [2.05, 4.69) is 11.9 Å². The van der Waals surface area contributed by atoms with Crippen molar-refractivity contribution < 1.29 is 4.39 Å². The van der Waals surface area contributed by atoms with Gasteiger partial charge in [-0.15, -0.1) is 0 Å². The Morgan fingerprint density at radius 1 is 0.941 bits per heavy atom. The fourth-order valence-corrected chi connectivity index (χ4v) is 1.57. The van der Waals surface area contributed by atoms with Crippen LogP contribution in [0.3, 0.4) is 0 Å². The smallest absolute Gasteiger partial charge is 0.123 e. The number of hydrogen-bond acceptors (Lipinski definition) is 1. The van der Waals surface area contributed by atoms with Crippen LogP contribution in [0.25, 0.3) is 11.1 Å². The first-order chi connectivity index (χ1) is 8.29. The van der Waals surface area contributed by atoms with Gasteiger partial charge in [-0.25, -0.2) is 4.39 Å². The molecular formula is C15H13FN. The standard InChI is InChI=1S/C15H13FN/c1-2-17-11-12-3-5-13(6-4-12)14-7-9-15(16)10-8-14/h3-11H,1-2H2. The molecule has 1 nitrogen and oxygen atoms in total. The maximum atomic E-state index is 12.8. The van der Waals surface area contributed by atoms with E-state index in [1.807, 2.05) is 24.3 Å². The van der Waals surface area contributed by atoms with Gasteiger partial charge in [0.05, 0.1) is 0 Å². The topological polar surface area (TPSA) is 12.4 Å². The van der Waals surface area contributed by atoms with Crippen LogP contribution >= 0.6 is 0 Å². The van der Waals surface area contributed by atoms with Gasteiger partial charge in [-0.05, 0) is 35.7 Å². The van der Waals surface area contributed by atoms with Gasteiger partial charge in [0.25, 0.3) is 0 Å². The van der Waals surface area contributed by atoms with Crippen LogP contribution < -0.4 is 0 Å². The van der Waals surface area contributed by atoms with Crippen molar-refractivity contribution in [3.8, 4) is 11.1 Å². The van der Waals surface area contributed by atoms with Crippen LogP contribution in [0.4, 0.5) is 4.39 Å². The van der Waals surface area contributed by atoms with E-state index in [1.54, 1.807) is 18.3 Å². The number of rotatable bonds is 3. The Balaban J connectivity index is 2.23. The molecule has 0 heterocycles. The minimum Gasteiger partial charge on any atom is -0.293 e. The quantitative estimate of drug-likeness (QED) is 0.707. The highest BCUT2D eigenvalue weighted by molar-refractivity contribution is 5.81. The van der Waals surface area contributed by atoms with Crippen molar-refractivity contribution >= 4 is 6.21 Å². The van der Waals surface area contributed by atoms with Gasteiger partial charge in [0, 0.05) is 12.8 Å². The van der Waals surface area contributed by atoms with Crippen molar-refractivity contribution in [2.75, 3.05) is 6.54 Å². The fourth-order valence-electron chi connectivity index (χ4n) is 1.57. The summed E-state index contributed by atoms with van der Waals surface area (Å²) >= 11 is 0. The van der Waals surface area contributed by atoms with E-state index in [1.165, 1.54) is 12.1 Å². The molecule has 0 spiro atoms. The van der Waals surface area contributed by atoms with Crippen molar-refractivity contribution in [1.82, 2.24) is 0 Å². The Labute approximate surface area is 101 Å². The Kier molecular flexibility index (Phi) is 3.66. The van der Waals surface area contributed by atoms with Crippen LogP contribution in [0, 0.1) is 12.7 Å². The predicted octanol–water partition coefficient (Wildman–Crippen LogP) is 3.75. The zero-order chi connectivity index (χ0) is 12.1. The van der Waals surface area contributed by atoms with E-state index >= 15 is 0 Å². The largest absolute Gasteiger partial charge is 0.293 e. The second-order valence-corrected chi connectivity index (χ2v) is 3.66. The van der Waals surface area contributed by atoms with Gasteiger partial charge in [0.15, 0.2) is 0 Å². The van der Waals surface area contributed by atoms with E-state index in [9.17, 15) is 4.39 Å². The average molecular weight is 226 g/mol. The van der Waals surface area contributed by atoms with Crippen molar-refractivity contribution in [3.63, 3.8) is 0 Å². The van der Waals surface area contributed by atoms with E-state index in [4.69, 9.17) is 0 Å². The Morgan fingerprint density at radius 3 is 2.00 bits per heavy atom.